The highest BCUT2D eigenvalue weighted by Crippen LogP contribution is 2.22. The van der Waals surface area contributed by atoms with Crippen LogP contribution in [0.3, 0.4) is 0 Å². The molecule has 2 rings (SSSR count). The molecule has 0 aliphatic rings. The second-order valence-corrected chi connectivity index (χ2v) is 7.10. The molecule has 0 aliphatic carbocycles. The van der Waals surface area contributed by atoms with E-state index in [9.17, 15) is 9.18 Å². The summed E-state index contributed by atoms with van der Waals surface area (Å²) in [4.78, 5) is 17.5. The number of nitrogens with one attached hydrogen (secondary N) is 1. The van der Waals surface area contributed by atoms with Gasteiger partial charge in [0, 0.05) is 12.0 Å². The van der Waals surface area contributed by atoms with Crippen molar-refractivity contribution in [2.75, 3.05) is 0 Å². The molecule has 118 valence electrons. The molecule has 3 nitrogen and oxygen atoms in total. The maximum atomic E-state index is 12.9. The molecule has 0 unspecified atom stereocenters. The molecule has 1 heterocycles. The fourth-order valence-electron chi connectivity index (χ4n) is 1.97. The third-order valence-corrected chi connectivity index (χ3v) is 4.81. The van der Waals surface area contributed by atoms with E-state index in [-0.39, 0.29) is 17.3 Å². The van der Waals surface area contributed by atoms with Crippen LogP contribution >= 0.6 is 11.3 Å². The first-order chi connectivity index (χ1) is 10.3. The lowest BCUT2D eigenvalue weighted by atomic mass is 10.0. The molecular weight excluding hydrogens is 299 g/mol. The Kier molecular flexibility index (Phi) is 4.96. The molecule has 0 radical (unpaired) electrons. The summed E-state index contributed by atoms with van der Waals surface area (Å²) in [7, 11) is 0. The van der Waals surface area contributed by atoms with Crippen molar-refractivity contribution in [3.05, 3.63) is 51.2 Å². The third-order valence-electron chi connectivity index (χ3n) is 3.65. The van der Waals surface area contributed by atoms with Gasteiger partial charge in [0.25, 0.3) is 5.91 Å². The lowest BCUT2D eigenvalue weighted by Crippen LogP contribution is -2.42. The van der Waals surface area contributed by atoms with Crippen LogP contribution in [0.15, 0.2) is 24.3 Å². The van der Waals surface area contributed by atoms with Gasteiger partial charge in [0.1, 0.15) is 10.7 Å². The molecule has 1 aromatic heterocycles. The Morgan fingerprint density at radius 3 is 2.55 bits per heavy atom. The molecule has 0 bridgehead atoms. The van der Waals surface area contributed by atoms with Crippen molar-refractivity contribution in [2.24, 2.45) is 0 Å². The number of benzene rings is 1. The zero-order valence-corrected chi connectivity index (χ0v) is 14.2. The fourth-order valence-corrected chi connectivity index (χ4v) is 2.96. The Morgan fingerprint density at radius 2 is 1.95 bits per heavy atom. The smallest absolute Gasteiger partial charge is 0.263 e. The van der Waals surface area contributed by atoms with Gasteiger partial charge in [-0.2, -0.15) is 0 Å². The SMILES string of the molecule is CCC(C)(C)NC(=O)c1sc(Cc2ccc(F)cc2)nc1C. The van der Waals surface area contributed by atoms with Crippen LogP contribution in [0.5, 0.6) is 0 Å². The minimum atomic E-state index is -0.249. The van der Waals surface area contributed by atoms with Gasteiger partial charge in [-0.3, -0.25) is 4.79 Å². The number of hydrogen-bond donors (Lipinski definition) is 1. The fraction of sp³-hybridized carbons (Fsp3) is 0.412. The standard InChI is InChI=1S/C17H21FN2OS/c1-5-17(3,4)20-16(21)15-11(2)19-14(22-15)10-12-6-8-13(18)9-7-12/h6-9H,5,10H2,1-4H3,(H,20,21). The number of carbonyl (C=O) groups is 1. The highest BCUT2D eigenvalue weighted by Gasteiger charge is 2.22. The summed E-state index contributed by atoms with van der Waals surface area (Å²) in [6, 6.07) is 6.36. The first kappa shape index (κ1) is 16.6. The third kappa shape index (κ3) is 4.13. The molecular formula is C17H21FN2OS. The van der Waals surface area contributed by atoms with Gasteiger partial charge in [-0.15, -0.1) is 11.3 Å². The number of halogens is 1. The van der Waals surface area contributed by atoms with Crippen molar-refractivity contribution in [3.8, 4) is 0 Å². The number of thiazole rings is 1. The van der Waals surface area contributed by atoms with Gasteiger partial charge >= 0.3 is 0 Å². The molecule has 1 amide bonds. The zero-order valence-electron chi connectivity index (χ0n) is 13.4. The van der Waals surface area contributed by atoms with Gasteiger partial charge in [-0.1, -0.05) is 19.1 Å². The van der Waals surface area contributed by atoms with E-state index < -0.39 is 0 Å². The predicted molar refractivity (Wildman–Crippen MR) is 87.9 cm³/mol. The predicted octanol–water partition coefficient (Wildman–Crippen LogP) is 4.10. The van der Waals surface area contributed by atoms with Crippen molar-refractivity contribution >= 4 is 17.2 Å². The maximum Gasteiger partial charge on any atom is 0.263 e. The number of carbonyl (C=O) groups excluding carboxylic acids is 1. The lowest BCUT2D eigenvalue weighted by molar-refractivity contribution is 0.0914. The summed E-state index contributed by atoms with van der Waals surface area (Å²) in [6.07, 6.45) is 1.47. The highest BCUT2D eigenvalue weighted by atomic mass is 32.1. The molecule has 1 aromatic carbocycles. The Morgan fingerprint density at radius 1 is 1.32 bits per heavy atom. The number of nitrogens with zero attached hydrogens (tertiary/aromatic N) is 1. The number of rotatable bonds is 5. The van der Waals surface area contributed by atoms with Gasteiger partial charge in [-0.05, 0) is 44.9 Å². The average Bonchev–Trinajstić information content (AvgIpc) is 2.82. The molecule has 2 aromatic rings. The number of aryl methyl sites for hydroxylation is 1. The summed E-state index contributed by atoms with van der Waals surface area (Å²) in [5.41, 5.74) is 1.49. The first-order valence-electron chi connectivity index (χ1n) is 7.34. The van der Waals surface area contributed by atoms with Gasteiger partial charge < -0.3 is 5.32 Å². The van der Waals surface area contributed by atoms with E-state index >= 15 is 0 Å². The monoisotopic (exact) mass is 320 g/mol. The molecule has 0 fully saturated rings. The second-order valence-electron chi connectivity index (χ2n) is 6.02. The van der Waals surface area contributed by atoms with E-state index in [0.29, 0.717) is 11.3 Å². The number of hydrogen-bond acceptors (Lipinski definition) is 3. The van der Waals surface area contributed by atoms with Crippen LogP contribution in [0.4, 0.5) is 4.39 Å². The van der Waals surface area contributed by atoms with Crippen LogP contribution in [-0.2, 0) is 6.42 Å². The van der Waals surface area contributed by atoms with Gasteiger partial charge in [-0.25, -0.2) is 9.37 Å². The van der Waals surface area contributed by atoms with Crippen molar-refractivity contribution in [1.29, 1.82) is 0 Å². The maximum absolute atomic E-state index is 12.9. The largest absolute Gasteiger partial charge is 0.346 e. The van der Waals surface area contributed by atoms with Crippen LogP contribution < -0.4 is 5.32 Å². The summed E-state index contributed by atoms with van der Waals surface area (Å²) in [5, 5.41) is 3.89. The van der Waals surface area contributed by atoms with E-state index in [2.05, 4.69) is 10.3 Å². The van der Waals surface area contributed by atoms with E-state index in [1.165, 1.54) is 23.5 Å². The van der Waals surface area contributed by atoms with Gasteiger partial charge in [0.2, 0.25) is 0 Å². The Bertz CT molecular complexity index is 662. The average molecular weight is 320 g/mol. The molecule has 1 N–H and O–H groups in total. The van der Waals surface area contributed by atoms with Crippen LogP contribution in [-0.4, -0.2) is 16.4 Å². The Hall–Kier alpha value is -1.75. The molecule has 0 saturated carbocycles. The summed E-state index contributed by atoms with van der Waals surface area (Å²) in [5.74, 6) is -0.326. The molecule has 0 saturated heterocycles. The summed E-state index contributed by atoms with van der Waals surface area (Å²) < 4.78 is 12.9. The normalized spacial score (nSPS) is 11.5. The molecule has 0 aliphatic heterocycles. The van der Waals surface area contributed by atoms with Crippen LogP contribution in [0.1, 0.15) is 53.1 Å². The van der Waals surface area contributed by atoms with E-state index in [0.717, 1.165) is 22.7 Å². The Balaban J connectivity index is 2.14. The molecule has 0 spiro atoms. The zero-order chi connectivity index (χ0) is 16.3. The first-order valence-corrected chi connectivity index (χ1v) is 8.15. The minimum absolute atomic E-state index is 0.0767. The quantitative estimate of drug-likeness (QED) is 0.901. The highest BCUT2D eigenvalue weighted by molar-refractivity contribution is 7.13. The van der Waals surface area contributed by atoms with E-state index in [1.54, 1.807) is 12.1 Å². The van der Waals surface area contributed by atoms with Crippen LogP contribution in [0.2, 0.25) is 0 Å². The van der Waals surface area contributed by atoms with E-state index in [1.807, 2.05) is 27.7 Å². The number of amides is 1. The molecule has 22 heavy (non-hydrogen) atoms. The topological polar surface area (TPSA) is 42.0 Å². The molecule has 5 heteroatoms. The number of aromatic nitrogens is 1. The van der Waals surface area contributed by atoms with Crippen molar-refractivity contribution in [1.82, 2.24) is 10.3 Å². The Labute approximate surface area is 134 Å². The van der Waals surface area contributed by atoms with Gasteiger partial charge in [0.15, 0.2) is 0 Å². The minimum Gasteiger partial charge on any atom is -0.346 e. The summed E-state index contributed by atoms with van der Waals surface area (Å²) >= 11 is 1.40. The van der Waals surface area contributed by atoms with Crippen LogP contribution in [0.25, 0.3) is 0 Å². The van der Waals surface area contributed by atoms with E-state index in [4.69, 9.17) is 0 Å². The molecule has 0 atom stereocenters. The second kappa shape index (κ2) is 6.57. The van der Waals surface area contributed by atoms with Crippen molar-refractivity contribution in [3.63, 3.8) is 0 Å². The van der Waals surface area contributed by atoms with Crippen molar-refractivity contribution in [2.45, 2.75) is 46.1 Å². The van der Waals surface area contributed by atoms with Crippen molar-refractivity contribution < 1.29 is 9.18 Å². The summed E-state index contributed by atoms with van der Waals surface area (Å²) in [6.45, 7) is 7.89. The lowest BCUT2D eigenvalue weighted by Gasteiger charge is -2.24. The van der Waals surface area contributed by atoms with Crippen LogP contribution in [0, 0.1) is 12.7 Å². The van der Waals surface area contributed by atoms with Gasteiger partial charge in [0.05, 0.1) is 10.7 Å².